The number of pyridine rings is 1. The van der Waals surface area contributed by atoms with E-state index < -0.39 is 0 Å². The average molecular weight is 387 g/mol. The van der Waals surface area contributed by atoms with Gasteiger partial charge in [-0.25, -0.2) is 0 Å². The largest absolute Gasteiger partial charge is 0.352 e. The molecule has 1 saturated heterocycles. The summed E-state index contributed by atoms with van der Waals surface area (Å²) in [5, 5.41) is 4.06. The van der Waals surface area contributed by atoms with Crippen molar-refractivity contribution < 1.29 is 9.59 Å². The zero-order valence-electron chi connectivity index (χ0n) is 16.6. The summed E-state index contributed by atoms with van der Waals surface area (Å²) in [5.74, 6) is 0.107. The Morgan fingerprint density at radius 2 is 1.93 bits per heavy atom. The molecular weight excluding hydrogens is 362 g/mol. The summed E-state index contributed by atoms with van der Waals surface area (Å²) in [6.07, 6.45) is 3.36. The second-order valence-electron chi connectivity index (χ2n) is 7.71. The van der Waals surface area contributed by atoms with Crippen molar-refractivity contribution in [3.8, 4) is 0 Å². The molecule has 3 aromatic rings. The van der Waals surface area contributed by atoms with Crippen molar-refractivity contribution in [3.63, 3.8) is 0 Å². The molecule has 2 heterocycles. The molecule has 0 radical (unpaired) electrons. The number of nitrogens with one attached hydrogen (secondary N) is 1. The van der Waals surface area contributed by atoms with Gasteiger partial charge in [0.2, 0.25) is 11.8 Å². The first-order valence-electron chi connectivity index (χ1n) is 10.0. The Morgan fingerprint density at radius 1 is 1.14 bits per heavy atom. The number of benzene rings is 2. The van der Waals surface area contributed by atoms with E-state index in [1.165, 1.54) is 5.56 Å². The van der Waals surface area contributed by atoms with E-state index in [1.54, 1.807) is 6.20 Å². The van der Waals surface area contributed by atoms with Crippen molar-refractivity contribution in [1.82, 2.24) is 15.2 Å². The Morgan fingerprint density at radius 3 is 2.76 bits per heavy atom. The topological polar surface area (TPSA) is 62.3 Å². The Labute approximate surface area is 170 Å². The van der Waals surface area contributed by atoms with Crippen molar-refractivity contribution in [3.05, 3.63) is 77.5 Å². The lowest BCUT2D eigenvalue weighted by atomic mass is 10.1. The zero-order chi connectivity index (χ0) is 20.2. The highest BCUT2D eigenvalue weighted by atomic mass is 16.2. The van der Waals surface area contributed by atoms with Crippen molar-refractivity contribution >= 4 is 22.7 Å². The van der Waals surface area contributed by atoms with Gasteiger partial charge in [0.1, 0.15) is 0 Å². The van der Waals surface area contributed by atoms with Crippen LogP contribution in [0.3, 0.4) is 0 Å². The minimum atomic E-state index is -0.0374. The number of aromatic nitrogens is 1. The van der Waals surface area contributed by atoms with Crippen LogP contribution in [0.4, 0.5) is 0 Å². The summed E-state index contributed by atoms with van der Waals surface area (Å²) in [6, 6.07) is 18.1. The van der Waals surface area contributed by atoms with Gasteiger partial charge in [-0.15, -0.1) is 0 Å². The van der Waals surface area contributed by atoms with Gasteiger partial charge < -0.3 is 10.2 Å². The highest BCUT2D eigenvalue weighted by molar-refractivity contribution is 5.82. The molecule has 2 amide bonds. The van der Waals surface area contributed by atoms with E-state index in [9.17, 15) is 9.59 Å². The molecule has 0 aliphatic carbocycles. The number of fused-ring (bicyclic) bond motifs is 1. The van der Waals surface area contributed by atoms with Gasteiger partial charge in [0.05, 0.1) is 5.52 Å². The van der Waals surface area contributed by atoms with Crippen molar-refractivity contribution in [2.45, 2.75) is 45.3 Å². The van der Waals surface area contributed by atoms with Crippen molar-refractivity contribution in [1.29, 1.82) is 0 Å². The second-order valence-corrected chi connectivity index (χ2v) is 7.71. The first-order valence-corrected chi connectivity index (χ1v) is 10.0. The highest BCUT2D eigenvalue weighted by Crippen LogP contribution is 2.24. The molecule has 2 aromatic carbocycles. The number of rotatable bonds is 6. The molecule has 148 valence electrons. The Bertz CT molecular complexity index is 1030. The van der Waals surface area contributed by atoms with E-state index in [-0.39, 0.29) is 17.9 Å². The number of carbonyl (C=O) groups excluding carboxylic acids is 2. The third kappa shape index (κ3) is 4.62. The second kappa shape index (κ2) is 8.43. The molecule has 1 aromatic heterocycles. The molecule has 1 N–H and O–H groups in total. The summed E-state index contributed by atoms with van der Waals surface area (Å²) in [7, 11) is 0. The predicted molar refractivity (Wildman–Crippen MR) is 113 cm³/mol. The molecular formula is C24H25N3O2. The molecule has 1 atom stereocenters. The van der Waals surface area contributed by atoms with E-state index >= 15 is 0 Å². The molecule has 0 saturated carbocycles. The summed E-state index contributed by atoms with van der Waals surface area (Å²) in [4.78, 5) is 31.0. The fourth-order valence-electron chi connectivity index (χ4n) is 3.83. The highest BCUT2D eigenvalue weighted by Gasteiger charge is 2.32. The molecule has 1 fully saturated rings. The van der Waals surface area contributed by atoms with Crippen molar-refractivity contribution in [2.24, 2.45) is 0 Å². The summed E-state index contributed by atoms with van der Waals surface area (Å²) >= 11 is 0. The standard InChI is InChI=1S/C24H25N3O2/c1-17-4-6-18(7-5-17)16-27-21(9-11-24(27)29)14-23(28)26-15-19-8-10-22-20(13-19)3-2-12-25-22/h2-8,10,12-13,21H,9,11,14-16H2,1H3,(H,26,28). The number of hydrogen-bond donors (Lipinski definition) is 1. The Balaban J connectivity index is 1.34. The van der Waals surface area contributed by atoms with Crippen LogP contribution in [-0.4, -0.2) is 27.7 Å². The number of carbonyl (C=O) groups is 2. The summed E-state index contributed by atoms with van der Waals surface area (Å²) in [5.41, 5.74) is 4.28. The van der Waals surface area contributed by atoms with Crippen LogP contribution in [0, 0.1) is 6.92 Å². The van der Waals surface area contributed by atoms with Crippen LogP contribution in [0.25, 0.3) is 10.9 Å². The minimum absolute atomic E-state index is 0.0233. The van der Waals surface area contributed by atoms with Gasteiger partial charge in [0.25, 0.3) is 0 Å². The normalized spacial score (nSPS) is 16.4. The van der Waals surface area contributed by atoms with Crippen LogP contribution in [-0.2, 0) is 22.7 Å². The SMILES string of the molecule is Cc1ccc(CN2C(=O)CCC2CC(=O)NCc2ccc3ncccc3c2)cc1. The van der Waals surface area contributed by atoms with Crippen LogP contribution >= 0.6 is 0 Å². The van der Waals surface area contributed by atoms with E-state index in [4.69, 9.17) is 0 Å². The van der Waals surface area contributed by atoms with Gasteiger partial charge in [-0.2, -0.15) is 0 Å². The number of likely N-dealkylation sites (tertiary alicyclic amines) is 1. The average Bonchev–Trinajstić information content (AvgIpc) is 3.07. The van der Waals surface area contributed by atoms with Crippen molar-refractivity contribution in [2.75, 3.05) is 0 Å². The maximum absolute atomic E-state index is 12.5. The third-order valence-electron chi connectivity index (χ3n) is 5.50. The van der Waals surface area contributed by atoms with Gasteiger partial charge in [-0.3, -0.25) is 14.6 Å². The molecule has 1 unspecified atom stereocenters. The molecule has 1 aliphatic rings. The van der Waals surface area contributed by atoms with Crippen LogP contribution in [0.5, 0.6) is 0 Å². The zero-order valence-corrected chi connectivity index (χ0v) is 16.6. The van der Waals surface area contributed by atoms with Gasteiger partial charge in [-0.1, -0.05) is 42.0 Å². The van der Waals surface area contributed by atoms with E-state index in [0.717, 1.165) is 28.5 Å². The first-order chi connectivity index (χ1) is 14.1. The summed E-state index contributed by atoms with van der Waals surface area (Å²) < 4.78 is 0. The molecule has 5 nitrogen and oxygen atoms in total. The summed E-state index contributed by atoms with van der Waals surface area (Å²) in [6.45, 7) is 3.08. The van der Waals surface area contributed by atoms with Gasteiger partial charge in [-0.05, 0) is 42.7 Å². The number of nitrogens with zero attached hydrogens (tertiary/aromatic N) is 2. The maximum Gasteiger partial charge on any atom is 0.223 e. The van der Waals surface area contributed by atoms with Crippen LogP contribution < -0.4 is 5.32 Å². The van der Waals surface area contributed by atoms with E-state index in [0.29, 0.717) is 25.9 Å². The third-order valence-corrected chi connectivity index (χ3v) is 5.50. The van der Waals surface area contributed by atoms with E-state index in [1.807, 2.05) is 54.3 Å². The van der Waals surface area contributed by atoms with Crippen LogP contribution in [0.15, 0.2) is 60.8 Å². The first kappa shape index (κ1) is 19.1. The Hall–Kier alpha value is -3.21. The number of amides is 2. The molecule has 29 heavy (non-hydrogen) atoms. The lowest BCUT2D eigenvalue weighted by Gasteiger charge is -2.24. The van der Waals surface area contributed by atoms with Gasteiger partial charge >= 0.3 is 0 Å². The maximum atomic E-state index is 12.5. The fourth-order valence-corrected chi connectivity index (χ4v) is 3.83. The van der Waals surface area contributed by atoms with Gasteiger partial charge in [0, 0.05) is 43.6 Å². The quantitative estimate of drug-likeness (QED) is 0.701. The monoisotopic (exact) mass is 387 g/mol. The fraction of sp³-hybridized carbons (Fsp3) is 0.292. The molecule has 5 heteroatoms. The molecule has 1 aliphatic heterocycles. The smallest absolute Gasteiger partial charge is 0.223 e. The predicted octanol–water partition coefficient (Wildman–Crippen LogP) is 3.74. The minimum Gasteiger partial charge on any atom is -0.352 e. The molecule has 0 bridgehead atoms. The molecule has 4 rings (SSSR count). The molecule has 0 spiro atoms. The number of aryl methyl sites for hydroxylation is 1. The van der Waals surface area contributed by atoms with E-state index in [2.05, 4.69) is 22.4 Å². The lowest BCUT2D eigenvalue weighted by Crippen LogP contribution is -2.36. The van der Waals surface area contributed by atoms with Crippen LogP contribution in [0.1, 0.15) is 36.0 Å². The van der Waals surface area contributed by atoms with Crippen LogP contribution in [0.2, 0.25) is 0 Å². The van der Waals surface area contributed by atoms with Gasteiger partial charge in [0.15, 0.2) is 0 Å². The number of hydrogen-bond acceptors (Lipinski definition) is 3. The lowest BCUT2D eigenvalue weighted by molar-refractivity contribution is -0.130. The Kier molecular flexibility index (Phi) is 5.56.